The van der Waals surface area contributed by atoms with Gasteiger partial charge in [0, 0.05) is 32.7 Å². The number of hydrogen-bond acceptors (Lipinski definition) is 3. The molecular weight excluding hydrogens is 172 g/mol. The van der Waals surface area contributed by atoms with Crippen molar-refractivity contribution < 1.29 is 4.74 Å². The predicted octanol–water partition coefficient (Wildman–Crippen LogP) is 0.385. The lowest BCUT2D eigenvalue weighted by molar-refractivity contribution is 0.142. The van der Waals surface area contributed by atoms with Crippen LogP contribution in [0.2, 0.25) is 0 Å². The number of nitrogens with zero attached hydrogens (tertiary/aromatic N) is 1. The van der Waals surface area contributed by atoms with E-state index in [9.17, 15) is 0 Å². The molecule has 1 saturated heterocycles. The first-order chi connectivity index (χ1) is 5.79. The van der Waals surface area contributed by atoms with Gasteiger partial charge in [-0.25, -0.2) is 0 Å². The molecule has 0 aliphatic carbocycles. The molecule has 0 aromatic carbocycles. The summed E-state index contributed by atoms with van der Waals surface area (Å²) in [7, 11) is 0. The normalized spacial score (nSPS) is 20.3. The Morgan fingerprint density at radius 2 is 2.25 bits per heavy atom. The summed E-state index contributed by atoms with van der Waals surface area (Å²) in [5.74, 6) is 0. The zero-order valence-electron chi connectivity index (χ0n) is 7.29. The lowest BCUT2D eigenvalue weighted by Gasteiger charge is -2.17. The number of ether oxygens (including phenoxy) is 1. The molecule has 0 saturated carbocycles. The van der Waals surface area contributed by atoms with E-state index in [4.69, 9.17) is 22.7 Å². The minimum Gasteiger partial charge on any atom is -0.393 e. The summed E-state index contributed by atoms with van der Waals surface area (Å²) in [6, 6.07) is 0. The van der Waals surface area contributed by atoms with Crippen LogP contribution in [0.4, 0.5) is 0 Å². The van der Waals surface area contributed by atoms with Crippen LogP contribution in [0.15, 0.2) is 0 Å². The Hall–Kier alpha value is -0.190. The molecule has 3 nitrogen and oxygen atoms in total. The first-order valence-electron chi connectivity index (χ1n) is 4.37. The van der Waals surface area contributed by atoms with E-state index in [1.54, 1.807) is 0 Å². The van der Waals surface area contributed by atoms with Crippen molar-refractivity contribution in [3.63, 3.8) is 0 Å². The molecule has 0 bridgehead atoms. The molecule has 4 heteroatoms. The van der Waals surface area contributed by atoms with Crippen molar-refractivity contribution in [3.05, 3.63) is 0 Å². The molecule has 1 aliphatic rings. The van der Waals surface area contributed by atoms with Gasteiger partial charge < -0.3 is 15.4 Å². The average Bonchev–Trinajstić information content (AvgIpc) is 2.28. The maximum atomic E-state index is 5.42. The van der Waals surface area contributed by atoms with Crippen molar-refractivity contribution in [1.82, 2.24) is 4.90 Å². The molecule has 0 radical (unpaired) electrons. The summed E-state index contributed by atoms with van der Waals surface area (Å²) in [6.07, 6.45) is 1.95. The molecule has 0 aromatic heterocycles. The summed E-state index contributed by atoms with van der Waals surface area (Å²) in [5.41, 5.74) is 5.42. The molecular formula is C8H16N2OS. The van der Waals surface area contributed by atoms with Crippen LogP contribution in [-0.2, 0) is 4.74 Å². The summed E-state index contributed by atoms with van der Waals surface area (Å²) in [4.78, 5) is 2.96. The lowest BCUT2D eigenvalue weighted by Crippen LogP contribution is -2.29. The fraction of sp³-hybridized carbons (Fsp3) is 0.875. The number of thiocarbonyl (C=S) groups is 1. The molecule has 0 unspecified atom stereocenters. The molecule has 1 heterocycles. The molecule has 2 N–H and O–H groups in total. The Labute approximate surface area is 78.9 Å². The number of nitrogens with two attached hydrogens (primary N) is 1. The molecule has 1 fully saturated rings. The van der Waals surface area contributed by atoms with Gasteiger partial charge in [-0.15, -0.1) is 0 Å². The third-order valence-corrected chi connectivity index (χ3v) is 2.19. The van der Waals surface area contributed by atoms with Crippen LogP contribution >= 0.6 is 12.2 Å². The van der Waals surface area contributed by atoms with Crippen LogP contribution in [0.1, 0.15) is 12.8 Å². The van der Waals surface area contributed by atoms with Crippen molar-refractivity contribution >= 4 is 17.2 Å². The van der Waals surface area contributed by atoms with E-state index in [2.05, 4.69) is 4.90 Å². The van der Waals surface area contributed by atoms with Gasteiger partial charge in [0.1, 0.15) is 0 Å². The molecule has 1 aliphatic heterocycles. The Morgan fingerprint density at radius 3 is 3.00 bits per heavy atom. The van der Waals surface area contributed by atoms with E-state index in [1.807, 2.05) is 0 Å². The molecule has 70 valence electrons. The van der Waals surface area contributed by atoms with Gasteiger partial charge in [-0.3, -0.25) is 0 Å². The zero-order chi connectivity index (χ0) is 8.81. The first kappa shape index (κ1) is 9.89. The maximum absolute atomic E-state index is 5.42. The molecule has 0 atom stereocenters. The second-order valence-corrected chi connectivity index (χ2v) is 3.55. The van der Waals surface area contributed by atoms with Gasteiger partial charge in [0.25, 0.3) is 0 Å². The minimum atomic E-state index is 0.611. The van der Waals surface area contributed by atoms with Crippen LogP contribution in [0.5, 0.6) is 0 Å². The van der Waals surface area contributed by atoms with E-state index in [-0.39, 0.29) is 0 Å². The summed E-state index contributed by atoms with van der Waals surface area (Å²) in [5, 5.41) is 0. The van der Waals surface area contributed by atoms with E-state index in [0.717, 1.165) is 45.7 Å². The van der Waals surface area contributed by atoms with Crippen LogP contribution in [0, 0.1) is 0 Å². The van der Waals surface area contributed by atoms with Crippen molar-refractivity contribution in [1.29, 1.82) is 0 Å². The van der Waals surface area contributed by atoms with Gasteiger partial charge in [-0.1, -0.05) is 12.2 Å². The van der Waals surface area contributed by atoms with Crippen LogP contribution in [0.25, 0.3) is 0 Å². The Balaban J connectivity index is 2.16. The summed E-state index contributed by atoms with van der Waals surface area (Å²) < 4.78 is 5.33. The molecule has 0 amide bonds. The van der Waals surface area contributed by atoms with Gasteiger partial charge in [-0.2, -0.15) is 0 Å². The monoisotopic (exact) mass is 188 g/mol. The second kappa shape index (κ2) is 5.45. The second-order valence-electron chi connectivity index (χ2n) is 3.02. The van der Waals surface area contributed by atoms with Crippen molar-refractivity contribution in [2.24, 2.45) is 5.73 Å². The van der Waals surface area contributed by atoms with Crippen molar-refractivity contribution in [2.45, 2.75) is 12.8 Å². The van der Waals surface area contributed by atoms with Gasteiger partial charge in [0.2, 0.25) is 0 Å². The molecule has 12 heavy (non-hydrogen) atoms. The Bertz CT molecular complexity index is 144. The Kier molecular flexibility index (Phi) is 4.50. The highest BCUT2D eigenvalue weighted by molar-refractivity contribution is 7.80. The lowest BCUT2D eigenvalue weighted by atomic mass is 10.3. The topological polar surface area (TPSA) is 38.5 Å². The standard InChI is InChI=1S/C8H16N2OS/c9-8(12)2-4-10-3-1-6-11-7-5-10/h1-7H2,(H2,9,12). The Morgan fingerprint density at radius 1 is 1.42 bits per heavy atom. The van der Waals surface area contributed by atoms with Crippen LogP contribution in [0.3, 0.4) is 0 Å². The van der Waals surface area contributed by atoms with Gasteiger partial charge >= 0.3 is 0 Å². The maximum Gasteiger partial charge on any atom is 0.0740 e. The summed E-state index contributed by atoms with van der Waals surface area (Å²) in [6.45, 7) is 4.85. The number of hydrogen-bond donors (Lipinski definition) is 1. The molecule has 0 aromatic rings. The minimum absolute atomic E-state index is 0.611. The van der Waals surface area contributed by atoms with Gasteiger partial charge in [-0.05, 0) is 6.42 Å². The average molecular weight is 188 g/mol. The molecule has 0 spiro atoms. The predicted molar refractivity (Wildman–Crippen MR) is 53.3 cm³/mol. The fourth-order valence-corrected chi connectivity index (χ4v) is 1.38. The molecule has 1 rings (SSSR count). The van der Waals surface area contributed by atoms with Crippen LogP contribution < -0.4 is 5.73 Å². The quantitative estimate of drug-likeness (QED) is 0.650. The SMILES string of the molecule is NC(=S)CCN1CCCOCC1. The van der Waals surface area contributed by atoms with E-state index >= 15 is 0 Å². The van der Waals surface area contributed by atoms with Crippen molar-refractivity contribution in [3.8, 4) is 0 Å². The fourth-order valence-electron chi connectivity index (χ4n) is 1.29. The largest absolute Gasteiger partial charge is 0.393 e. The van der Waals surface area contributed by atoms with Gasteiger partial charge in [0.05, 0.1) is 11.6 Å². The van der Waals surface area contributed by atoms with Crippen LogP contribution in [-0.4, -0.2) is 42.7 Å². The van der Waals surface area contributed by atoms with E-state index < -0.39 is 0 Å². The zero-order valence-corrected chi connectivity index (χ0v) is 8.11. The van der Waals surface area contributed by atoms with Crippen molar-refractivity contribution in [2.75, 3.05) is 32.8 Å². The highest BCUT2D eigenvalue weighted by atomic mass is 32.1. The van der Waals surface area contributed by atoms with E-state index in [1.165, 1.54) is 0 Å². The number of rotatable bonds is 3. The summed E-state index contributed by atoms with van der Waals surface area (Å²) >= 11 is 4.82. The highest BCUT2D eigenvalue weighted by Gasteiger charge is 2.08. The van der Waals surface area contributed by atoms with Gasteiger partial charge in [0.15, 0.2) is 0 Å². The smallest absolute Gasteiger partial charge is 0.0740 e. The third-order valence-electron chi connectivity index (χ3n) is 1.99. The van der Waals surface area contributed by atoms with E-state index in [0.29, 0.717) is 4.99 Å². The third kappa shape index (κ3) is 3.99. The first-order valence-corrected chi connectivity index (χ1v) is 4.78. The highest BCUT2D eigenvalue weighted by Crippen LogP contribution is 1.99.